The first-order valence-corrected chi connectivity index (χ1v) is 6.68. The minimum Gasteiger partial charge on any atom is -0.314 e. The van der Waals surface area contributed by atoms with Crippen LogP contribution in [0.5, 0.6) is 0 Å². The van der Waals surface area contributed by atoms with Gasteiger partial charge >= 0.3 is 0 Å². The maximum atomic E-state index is 11.5. The molecule has 0 amide bonds. The third-order valence-corrected chi connectivity index (χ3v) is 3.09. The van der Waals surface area contributed by atoms with Crippen LogP contribution in [0.15, 0.2) is 23.1 Å². The van der Waals surface area contributed by atoms with Crippen LogP contribution in [0.3, 0.4) is 0 Å². The first-order chi connectivity index (χ1) is 7.24. The molecular formula is C12H18INO. The predicted octanol–water partition coefficient (Wildman–Crippen LogP) is 3.42. The van der Waals surface area contributed by atoms with E-state index < -0.39 is 0 Å². The zero-order valence-corrected chi connectivity index (χ0v) is 11.4. The van der Waals surface area contributed by atoms with Gasteiger partial charge in [0, 0.05) is 22.4 Å². The van der Waals surface area contributed by atoms with E-state index in [-0.39, 0.29) is 5.56 Å². The number of aryl methyl sites for hydroxylation is 1. The highest BCUT2D eigenvalue weighted by atomic mass is 127. The van der Waals surface area contributed by atoms with Crippen molar-refractivity contribution in [2.45, 2.75) is 45.6 Å². The minimum atomic E-state index is 0.117. The molecule has 0 atom stereocenters. The van der Waals surface area contributed by atoms with E-state index in [0.717, 1.165) is 16.5 Å². The van der Waals surface area contributed by atoms with Crippen LogP contribution in [0.1, 0.15) is 39.0 Å². The maximum Gasteiger partial charge on any atom is 0.250 e. The second kappa shape index (κ2) is 7.04. The van der Waals surface area contributed by atoms with E-state index in [9.17, 15) is 4.79 Å². The van der Waals surface area contributed by atoms with Crippen LogP contribution < -0.4 is 5.56 Å². The Balaban J connectivity index is 2.37. The summed E-state index contributed by atoms with van der Waals surface area (Å²) >= 11 is 2.24. The highest BCUT2D eigenvalue weighted by Crippen LogP contribution is 2.05. The molecule has 0 unspecified atom stereocenters. The van der Waals surface area contributed by atoms with Gasteiger partial charge in [-0.2, -0.15) is 0 Å². The van der Waals surface area contributed by atoms with Gasteiger partial charge in [0.1, 0.15) is 0 Å². The van der Waals surface area contributed by atoms with Crippen LogP contribution in [0.25, 0.3) is 0 Å². The molecule has 84 valence electrons. The van der Waals surface area contributed by atoms with Gasteiger partial charge < -0.3 is 4.57 Å². The number of rotatable bonds is 6. The highest BCUT2D eigenvalue weighted by molar-refractivity contribution is 14.1. The van der Waals surface area contributed by atoms with Crippen molar-refractivity contribution in [2.24, 2.45) is 0 Å². The Morgan fingerprint density at radius 2 is 1.93 bits per heavy atom. The molecule has 0 spiro atoms. The summed E-state index contributed by atoms with van der Waals surface area (Å²) in [6.07, 6.45) is 8.13. The molecule has 0 fully saturated rings. The average Bonchev–Trinajstić information content (AvgIpc) is 2.23. The van der Waals surface area contributed by atoms with E-state index >= 15 is 0 Å². The number of unbranched alkanes of at least 4 members (excludes halogenated alkanes) is 4. The number of pyridine rings is 1. The van der Waals surface area contributed by atoms with Gasteiger partial charge in [0.25, 0.3) is 5.56 Å². The monoisotopic (exact) mass is 319 g/mol. The molecule has 3 heteroatoms. The molecule has 0 bridgehead atoms. The van der Waals surface area contributed by atoms with Crippen LogP contribution in [0.2, 0.25) is 0 Å². The van der Waals surface area contributed by atoms with Gasteiger partial charge in [0.05, 0.1) is 0 Å². The minimum absolute atomic E-state index is 0.117. The average molecular weight is 319 g/mol. The van der Waals surface area contributed by atoms with E-state index in [1.807, 2.05) is 16.8 Å². The molecule has 2 nitrogen and oxygen atoms in total. The zero-order valence-electron chi connectivity index (χ0n) is 9.21. The van der Waals surface area contributed by atoms with Crippen molar-refractivity contribution in [3.63, 3.8) is 0 Å². The third-order valence-electron chi connectivity index (χ3n) is 2.45. The second-order valence-corrected chi connectivity index (χ2v) is 5.04. The van der Waals surface area contributed by atoms with Crippen molar-refractivity contribution in [3.05, 3.63) is 32.3 Å². The topological polar surface area (TPSA) is 22.0 Å². The molecule has 0 aliphatic carbocycles. The van der Waals surface area contributed by atoms with Gasteiger partial charge in [-0.05, 0) is 35.1 Å². The molecular weight excluding hydrogens is 301 g/mol. The Labute approximate surface area is 105 Å². The van der Waals surface area contributed by atoms with Crippen LogP contribution in [0.4, 0.5) is 0 Å². The predicted molar refractivity (Wildman–Crippen MR) is 72.2 cm³/mol. The van der Waals surface area contributed by atoms with Gasteiger partial charge in [0.2, 0.25) is 0 Å². The molecule has 1 aromatic heterocycles. The standard InChI is InChI=1S/C12H18INO/c1-2-3-4-5-6-9-14-10-11(13)7-8-12(14)15/h7-8,10H,2-6,9H2,1H3. The van der Waals surface area contributed by atoms with Crippen molar-refractivity contribution in [3.8, 4) is 0 Å². The summed E-state index contributed by atoms with van der Waals surface area (Å²) in [5, 5.41) is 0. The molecule has 0 saturated heterocycles. The maximum absolute atomic E-state index is 11.5. The van der Waals surface area contributed by atoms with Crippen LogP contribution in [-0.4, -0.2) is 4.57 Å². The van der Waals surface area contributed by atoms with Crippen molar-refractivity contribution >= 4 is 22.6 Å². The molecule has 0 saturated carbocycles. The first-order valence-electron chi connectivity index (χ1n) is 5.60. The van der Waals surface area contributed by atoms with E-state index in [2.05, 4.69) is 29.5 Å². The van der Waals surface area contributed by atoms with Gasteiger partial charge in [-0.3, -0.25) is 4.79 Å². The summed E-state index contributed by atoms with van der Waals surface area (Å²) in [5.74, 6) is 0. The molecule has 0 aliphatic heterocycles. The molecule has 0 aromatic carbocycles. The lowest BCUT2D eigenvalue weighted by atomic mass is 10.1. The van der Waals surface area contributed by atoms with Crippen molar-refractivity contribution < 1.29 is 0 Å². The second-order valence-electron chi connectivity index (χ2n) is 3.79. The fraction of sp³-hybridized carbons (Fsp3) is 0.583. The van der Waals surface area contributed by atoms with E-state index in [4.69, 9.17) is 0 Å². The Kier molecular flexibility index (Phi) is 5.98. The molecule has 0 N–H and O–H groups in total. The molecule has 1 aromatic rings. The number of hydrogen-bond donors (Lipinski definition) is 0. The number of halogens is 1. The Bertz CT molecular complexity index is 346. The molecule has 1 heterocycles. The van der Waals surface area contributed by atoms with Crippen LogP contribution >= 0.6 is 22.6 Å². The largest absolute Gasteiger partial charge is 0.314 e. The van der Waals surface area contributed by atoms with Crippen molar-refractivity contribution in [1.29, 1.82) is 0 Å². The van der Waals surface area contributed by atoms with E-state index in [0.29, 0.717) is 0 Å². The van der Waals surface area contributed by atoms with Gasteiger partial charge in [0.15, 0.2) is 0 Å². The van der Waals surface area contributed by atoms with Crippen molar-refractivity contribution in [1.82, 2.24) is 4.57 Å². The van der Waals surface area contributed by atoms with Gasteiger partial charge in [-0.15, -0.1) is 0 Å². The van der Waals surface area contributed by atoms with Crippen LogP contribution in [-0.2, 0) is 6.54 Å². The first kappa shape index (κ1) is 12.7. The normalized spacial score (nSPS) is 10.5. The van der Waals surface area contributed by atoms with E-state index in [1.165, 1.54) is 25.7 Å². The van der Waals surface area contributed by atoms with Crippen LogP contribution in [0, 0.1) is 3.57 Å². The van der Waals surface area contributed by atoms with Gasteiger partial charge in [-0.25, -0.2) is 0 Å². The lowest BCUT2D eigenvalue weighted by Gasteiger charge is -2.05. The van der Waals surface area contributed by atoms with Crippen molar-refractivity contribution in [2.75, 3.05) is 0 Å². The van der Waals surface area contributed by atoms with Gasteiger partial charge in [-0.1, -0.05) is 32.6 Å². The third kappa shape index (κ3) is 4.82. The molecule has 0 radical (unpaired) electrons. The number of nitrogens with zero attached hydrogens (tertiary/aromatic N) is 1. The fourth-order valence-electron chi connectivity index (χ4n) is 1.56. The summed E-state index contributed by atoms with van der Waals surface area (Å²) in [6, 6.07) is 3.50. The highest BCUT2D eigenvalue weighted by Gasteiger charge is 1.96. The smallest absolute Gasteiger partial charge is 0.250 e. The summed E-state index contributed by atoms with van der Waals surface area (Å²) in [4.78, 5) is 11.5. The summed E-state index contributed by atoms with van der Waals surface area (Å²) < 4.78 is 2.94. The lowest BCUT2D eigenvalue weighted by molar-refractivity contribution is 0.557. The Hall–Kier alpha value is -0.320. The molecule has 15 heavy (non-hydrogen) atoms. The summed E-state index contributed by atoms with van der Waals surface area (Å²) in [5.41, 5.74) is 0.117. The Morgan fingerprint density at radius 3 is 2.67 bits per heavy atom. The SMILES string of the molecule is CCCCCCCn1cc(I)ccc1=O. The quantitative estimate of drug-likeness (QED) is 0.582. The molecule has 0 aliphatic rings. The summed E-state index contributed by atoms with van der Waals surface area (Å²) in [7, 11) is 0. The number of aromatic nitrogens is 1. The molecule has 1 rings (SSSR count). The van der Waals surface area contributed by atoms with E-state index in [1.54, 1.807) is 6.07 Å². The lowest BCUT2D eigenvalue weighted by Crippen LogP contribution is -2.18. The number of hydrogen-bond acceptors (Lipinski definition) is 1. The zero-order chi connectivity index (χ0) is 11.1. The fourth-order valence-corrected chi connectivity index (χ4v) is 2.08. The Morgan fingerprint density at radius 1 is 1.20 bits per heavy atom. The summed E-state index contributed by atoms with van der Waals surface area (Å²) in [6.45, 7) is 3.07.